The predicted molar refractivity (Wildman–Crippen MR) is 116 cm³/mol. The molecule has 0 aromatic heterocycles. The molecule has 2 aromatic carbocycles. The lowest BCUT2D eigenvalue weighted by molar-refractivity contribution is -0.144. The minimum absolute atomic E-state index is 0.0898. The van der Waals surface area contributed by atoms with Crippen LogP contribution in [0.3, 0.4) is 0 Å². The summed E-state index contributed by atoms with van der Waals surface area (Å²) in [7, 11) is 0. The van der Waals surface area contributed by atoms with Crippen LogP contribution in [0.5, 0.6) is 5.75 Å². The SMILES string of the molecule is CC(C)Oc1ccc(NC2CC(=O)N(CC(=O)O)C(=O)N2Cc2ccc(Cl)cc2)cc1F. The summed E-state index contributed by atoms with van der Waals surface area (Å²) in [6.07, 6.45) is -1.20. The van der Waals surface area contributed by atoms with E-state index < -0.39 is 36.4 Å². The number of nitrogens with zero attached hydrogens (tertiary/aromatic N) is 2. The maximum Gasteiger partial charge on any atom is 0.329 e. The number of imide groups is 1. The van der Waals surface area contributed by atoms with E-state index >= 15 is 0 Å². The van der Waals surface area contributed by atoms with Crippen LogP contribution in [-0.2, 0) is 16.1 Å². The molecule has 0 bridgehead atoms. The molecule has 1 heterocycles. The lowest BCUT2D eigenvalue weighted by atomic mass is 10.1. The molecule has 3 rings (SSSR count). The van der Waals surface area contributed by atoms with E-state index in [2.05, 4.69) is 5.32 Å². The molecule has 0 spiro atoms. The minimum Gasteiger partial charge on any atom is -0.488 e. The third-order valence-electron chi connectivity index (χ3n) is 4.71. The summed E-state index contributed by atoms with van der Waals surface area (Å²) in [5.41, 5.74) is 1.07. The normalized spacial score (nSPS) is 16.5. The molecule has 2 N–H and O–H groups in total. The molecule has 0 saturated carbocycles. The zero-order chi connectivity index (χ0) is 23.4. The first kappa shape index (κ1) is 23.3. The first-order chi connectivity index (χ1) is 15.1. The Balaban J connectivity index is 1.86. The Morgan fingerprint density at radius 1 is 1.25 bits per heavy atom. The number of benzene rings is 2. The average Bonchev–Trinajstić information content (AvgIpc) is 2.71. The molecular weight excluding hydrogens is 441 g/mol. The van der Waals surface area contributed by atoms with Crippen molar-refractivity contribution in [1.29, 1.82) is 0 Å². The molecule has 3 amide bonds. The van der Waals surface area contributed by atoms with Crippen LogP contribution in [0, 0.1) is 5.82 Å². The quantitative estimate of drug-likeness (QED) is 0.615. The topological polar surface area (TPSA) is 99.2 Å². The highest BCUT2D eigenvalue weighted by molar-refractivity contribution is 6.30. The second-order valence-electron chi connectivity index (χ2n) is 7.59. The molecule has 2 aromatic rings. The zero-order valence-corrected chi connectivity index (χ0v) is 18.3. The molecule has 8 nitrogen and oxygen atoms in total. The summed E-state index contributed by atoms with van der Waals surface area (Å²) in [6.45, 7) is 2.91. The lowest BCUT2D eigenvalue weighted by Crippen LogP contribution is -2.59. The Morgan fingerprint density at radius 3 is 2.53 bits per heavy atom. The summed E-state index contributed by atoms with van der Waals surface area (Å²) in [5.74, 6) is -2.43. The van der Waals surface area contributed by atoms with Crippen molar-refractivity contribution < 1.29 is 28.6 Å². The van der Waals surface area contributed by atoms with Gasteiger partial charge < -0.3 is 15.2 Å². The average molecular weight is 464 g/mol. The van der Waals surface area contributed by atoms with Crippen LogP contribution < -0.4 is 10.1 Å². The van der Waals surface area contributed by atoms with Crippen LogP contribution in [0.25, 0.3) is 0 Å². The molecule has 10 heteroatoms. The summed E-state index contributed by atoms with van der Waals surface area (Å²) in [5, 5.41) is 12.6. The lowest BCUT2D eigenvalue weighted by Gasteiger charge is -2.40. The Bertz CT molecular complexity index is 1020. The number of carbonyl (C=O) groups excluding carboxylic acids is 2. The number of urea groups is 1. The maximum absolute atomic E-state index is 14.4. The predicted octanol–water partition coefficient (Wildman–Crippen LogP) is 3.94. The molecular formula is C22H23ClFN3O5. The highest BCUT2D eigenvalue weighted by atomic mass is 35.5. The number of aliphatic carboxylic acids is 1. The van der Waals surface area contributed by atoms with Crippen molar-refractivity contribution in [3.05, 3.63) is 58.9 Å². The van der Waals surface area contributed by atoms with Gasteiger partial charge in [-0.05, 0) is 43.7 Å². The smallest absolute Gasteiger partial charge is 0.329 e. The molecule has 1 aliphatic heterocycles. The number of ether oxygens (including phenoxy) is 1. The number of carbonyl (C=O) groups is 3. The zero-order valence-electron chi connectivity index (χ0n) is 17.5. The molecule has 0 aliphatic carbocycles. The van der Waals surface area contributed by atoms with E-state index in [0.717, 1.165) is 5.56 Å². The van der Waals surface area contributed by atoms with Crippen molar-refractivity contribution >= 4 is 35.2 Å². The van der Waals surface area contributed by atoms with Gasteiger partial charge in [0.05, 0.1) is 12.5 Å². The first-order valence-corrected chi connectivity index (χ1v) is 10.3. The van der Waals surface area contributed by atoms with Crippen molar-refractivity contribution in [2.24, 2.45) is 0 Å². The second-order valence-corrected chi connectivity index (χ2v) is 8.02. The number of carboxylic acids is 1. The Morgan fingerprint density at radius 2 is 1.94 bits per heavy atom. The summed E-state index contributed by atoms with van der Waals surface area (Å²) < 4.78 is 19.8. The van der Waals surface area contributed by atoms with Crippen LogP contribution in [0.4, 0.5) is 14.9 Å². The second kappa shape index (κ2) is 9.86. The van der Waals surface area contributed by atoms with Gasteiger partial charge in [0.1, 0.15) is 12.7 Å². The third kappa shape index (κ3) is 5.67. The van der Waals surface area contributed by atoms with Gasteiger partial charge in [-0.3, -0.25) is 19.4 Å². The van der Waals surface area contributed by atoms with Gasteiger partial charge in [0.15, 0.2) is 11.6 Å². The Hall–Kier alpha value is -3.33. The van der Waals surface area contributed by atoms with Gasteiger partial charge in [-0.15, -0.1) is 0 Å². The Kier molecular flexibility index (Phi) is 7.19. The van der Waals surface area contributed by atoms with E-state index in [-0.39, 0.29) is 24.8 Å². The first-order valence-electron chi connectivity index (χ1n) is 9.94. The number of hydrogen-bond donors (Lipinski definition) is 2. The molecule has 1 aliphatic rings. The minimum atomic E-state index is -1.30. The van der Waals surface area contributed by atoms with Crippen LogP contribution in [0.1, 0.15) is 25.8 Å². The standard InChI is InChI=1S/C22H23ClFN3O5/c1-13(2)32-18-8-7-16(9-17(18)24)25-19-10-20(28)27(12-21(29)30)22(31)26(19)11-14-3-5-15(23)6-4-14/h3-9,13,19,25H,10-12H2,1-2H3,(H,29,30). The molecule has 0 radical (unpaired) electrons. The fraction of sp³-hybridized carbons (Fsp3) is 0.318. The third-order valence-corrected chi connectivity index (χ3v) is 4.96. The number of anilines is 1. The number of carboxylic acid groups (broad SMARTS) is 1. The van der Waals surface area contributed by atoms with E-state index in [9.17, 15) is 18.8 Å². The molecule has 1 atom stereocenters. The van der Waals surface area contributed by atoms with Gasteiger partial charge in [-0.1, -0.05) is 23.7 Å². The van der Waals surface area contributed by atoms with Crippen molar-refractivity contribution in [2.45, 2.75) is 39.1 Å². The van der Waals surface area contributed by atoms with Crippen molar-refractivity contribution in [3.8, 4) is 5.75 Å². The van der Waals surface area contributed by atoms with Gasteiger partial charge in [0, 0.05) is 23.3 Å². The molecule has 1 fully saturated rings. The highest BCUT2D eigenvalue weighted by Gasteiger charge is 2.39. The molecule has 1 saturated heterocycles. The fourth-order valence-corrected chi connectivity index (χ4v) is 3.42. The van der Waals surface area contributed by atoms with Gasteiger partial charge in [-0.2, -0.15) is 0 Å². The van der Waals surface area contributed by atoms with E-state index in [1.54, 1.807) is 44.2 Å². The van der Waals surface area contributed by atoms with Crippen LogP contribution in [0.15, 0.2) is 42.5 Å². The van der Waals surface area contributed by atoms with Crippen molar-refractivity contribution in [3.63, 3.8) is 0 Å². The van der Waals surface area contributed by atoms with E-state index in [4.69, 9.17) is 21.4 Å². The monoisotopic (exact) mass is 463 g/mol. The maximum atomic E-state index is 14.4. The van der Waals surface area contributed by atoms with E-state index in [1.165, 1.54) is 17.0 Å². The van der Waals surface area contributed by atoms with Gasteiger partial charge >= 0.3 is 12.0 Å². The number of halogens is 2. The molecule has 32 heavy (non-hydrogen) atoms. The van der Waals surface area contributed by atoms with E-state index in [1.807, 2.05) is 0 Å². The molecule has 1 unspecified atom stereocenters. The number of nitrogens with one attached hydrogen (secondary N) is 1. The van der Waals surface area contributed by atoms with E-state index in [0.29, 0.717) is 15.6 Å². The van der Waals surface area contributed by atoms with Gasteiger partial charge in [0.2, 0.25) is 5.91 Å². The number of hydrogen-bond acceptors (Lipinski definition) is 5. The van der Waals surface area contributed by atoms with Crippen LogP contribution >= 0.6 is 11.6 Å². The summed E-state index contributed by atoms with van der Waals surface area (Å²) in [4.78, 5) is 38.6. The number of amides is 3. The van der Waals surface area contributed by atoms with Crippen molar-refractivity contribution in [2.75, 3.05) is 11.9 Å². The van der Waals surface area contributed by atoms with Crippen LogP contribution in [-0.4, -0.2) is 51.6 Å². The van der Waals surface area contributed by atoms with Gasteiger partial charge in [0.25, 0.3) is 0 Å². The van der Waals surface area contributed by atoms with Crippen molar-refractivity contribution in [1.82, 2.24) is 9.80 Å². The largest absolute Gasteiger partial charge is 0.488 e. The van der Waals surface area contributed by atoms with Crippen LogP contribution in [0.2, 0.25) is 5.02 Å². The Labute approximate surface area is 189 Å². The fourth-order valence-electron chi connectivity index (χ4n) is 3.30. The number of rotatable bonds is 8. The molecule has 170 valence electrons. The van der Waals surface area contributed by atoms with Gasteiger partial charge in [-0.25, -0.2) is 9.18 Å². The highest BCUT2D eigenvalue weighted by Crippen LogP contribution is 2.26. The summed E-state index contributed by atoms with van der Waals surface area (Å²) >= 11 is 5.92. The summed E-state index contributed by atoms with van der Waals surface area (Å²) in [6, 6.07) is 10.3.